The van der Waals surface area contributed by atoms with Gasteiger partial charge in [0.15, 0.2) is 0 Å². The molecule has 2 atom stereocenters. The molecule has 154 valence electrons. The third-order valence-corrected chi connectivity index (χ3v) is 8.87. The van der Waals surface area contributed by atoms with Crippen molar-refractivity contribution in [2.45, 2.75) is 10.2 Å². The average molecular weight is 480 g/mol. The summed E-state index contributed by atoms with van der Waals surface area (Å²) in [6, 6.07) is 30.2. The minimum atomic E-state index is -0.717. The summed E-state index contributed by atoms with van der Waals surface area (Å²) < 4.78 is -0.717. The zero-order valence-electron chi connectivity index (χ0n) is 17.0. The lowest BCUT2D eigenvalue weighted by molar-refractivity contribution is -0.122. The average Bonchev–Trinajstić information content (AvgIpc) is 3.10. The van der Waals surface area contributed by atoms with Crippen LogP contribution in [0.4, 0.5) is 5.69 Å². The Morgan fingerprint density at radius 2 is 1.28 bits per heavy atom. The molecule has 4 heteroatoms. The van der Waals surface area contributed by atoms with E-state index in [0.717, 1.165) is 33.0 Å². The molecule has 0 spiro atoms. The number of alkyl halides is 1. The molecule has 3 aliphatic carbocycles. The molecule has 1 aliphatic heterocycles. The fourth-order valence-corrected chi connectivity index (χ4v) is 7.52. The number of amides is 2. The van der Waals surface area contributed by atoms with Gasteiger partial charge in [0.25, 0.3) is 0 Å². The van der Waals surface area contributed by atoms with Crippen molar-refractivity contribution in [3.63, 3.8) is 0 Å². The van der Waals surface area contributed by atoms with Crippen LogP contribution >= 0.6 is 15.9 Å². The largest absolute Gasteiger partial charge is 0.274 e. The molecular weight excluding hydrogens is 462 g/mol. The molecular formula is C28H18BrNO2. The number of halogens is 1. The van der Waals surface area contributed by atoms with Crippen molar-refractivity contribution in [2.24, 2.45) is 11.8 Å². The second-order valence-electron chi connectivity index (χ2n) is 8.88. The highest BCUT2D eigenvalue weighted by Gasteiger charge is 2.67. The van der Waals surface area contributed by atoms with Crippen LogP contribution in [0.25, 0.3) is 10.8 Å². The molecule has 0 unspecified atom stereocenters. The number of hydrogen-bond acceptors (Lipinski definition) is 2. The van der Waals surface area contributed by atoms with E-state index in [0.29, 0.717) is 5.69 Å². The summed E-state index contributed by atoms with van der Waals surface area (Å²) >= 11 is 4.06. The zero-order valence-corrected chi connectivity index (χ0v) is 18.6. The molecule has 8 rings (SSSR count). The van der Waals surface area contributed by atoms with E-state index in [2.05, 4.69) is 40.2 Å². The van der Waals surface area contributed by atoms with E-state index in [1.807, 2.05) is 66.7 Å². The van der Waals surface area contributed by atoms with Crippen molar-refractivity contribution in [2.75, 3.05) is 4.90 Å². The van der Waals surface area contributed by atoms with E-state index in [-0.39, 0.29) is 17.7 Å². The van der Waals surface area contributed by atoms with Crippen LogP contribution < -0.4 is 4.90 Å². The number of hydrogen-bond donors (Lipinski definition) is 0. The van der Waals surface area contributed by atoms with Gasteiger partial charge in [-0.3, -0.25) is 9.59 Å². The molecule has 0 saturated carbocycles. The Morgan fingerprint density at radius 3 is 2.00 bits per heavy atom. The monoisotopic (exact) mass is 479 g/mol. The summed E-state index contributed by atoms with van der Waals surface area (Å²) in [7, 11) is 0. The predicted molar refractivity (Wildman–Crippen MR) is 128 cm³/mol. The van der Waals surface area contributed by atoms with Crippen LogP contribution in [0.1, 0.15) is 28.2 Å². The molecule has 4 aliphatic rings. The predicted octanol–water partition coefficient (Wildman–Crippen LogP) is 5.74. The fraction of sp³-hybridized carbons (Fsp3) is 0.143. The molecule has 2 bridgehead atoms. The lowest BCUT2D eigenvalue weighted by atomic mass is 9.55. The highest BCUT2D eigenvalue weighted by atomic mass is 79.9. The second kappa shape index (κ2) is 6.17. The molecule has 2 amide bonds. The van der Waals surface area contributed by atoms with Gasteiger partial charge in [0.05, 0.1) is 21.8 Å². The third-order valence-electron chi connectivity index (χ3n) is 7.52. The van der Waals surface area contributed by atoms with E-state index in [4.69, 9.17) is 0 Å². The molecule has 4 aromatic carbocycles. The van der Waals surface area contributed by atoms with Crippen molar-refractivity contribution in [1.29, 1.82) is 0 Å². The Balaban J connectivity index is 1.50. The standard InChI is InChI=1S/C28H18BrNO2/c29-28-20-13-5-3-11-18(20)23(19-12-4-6-14-21(19)28)24-25(28)27(32)30(26(24)31)22-15-7-9-16-8-1-2-10-17(16)22/h1-15,23-25H/t23?,24-,25+,28?/m0/s1. The van der Waals surface area contributed by atoms with E-state index >= 15 is 0 Å². The molecule has 4 aromatic rings. The molecule has 3 nitrogen and oxygen atoms in total. The van der Waals surface area contributed by atoms with Gasteiger partial charge in [0.1, 0.15) is 0 Å². The van der Waals surface area contributed by atoms with Crippen molar-refractivity contribution >= 4 is 44.2 Å². The molecule has 0 radical (unpaired) electrons. The van der Waals surface area contributed by atoms with E-state index in [9.17, 15) is 9.59 Å². The second-order valence-corrected chi connectivity index (χ2v) is 10.1. The summed E-state index contributed by atoms with van der Waals surface area (Å²) in [5.74, 6) is -1.26. The van der Waals surface area contributed by atoms with Gasteiger partial charge in [-0.25, -0.2) is 4.90 Å². The van der Waals surface area contributed by atoms with Gasteiger partial charge in [-0.1, -0.05) is 101 Å². The maximum atomic E-state index is 14.1. The topological polar surface area (TPSA) is 37.4 Å². The minimum Gasteiger partial charge on any atom is -0.274 e. The van der Waals surface area contributed by atoms with Crippen LogP contribution in [0.15, 0.2) is 91.0 Å². The maximum Gasteiger partial charge on any atom is 0.239 e. The van der Waals surface area contributed by atoms with Crippen molar-refractivity contribution in [3.05, 3.63) is 113 Å². The molecule has 32 heavy (non-hydrogen) atoms. The Bertz CT molecular complexity index is 1420. The minimum absolute atomic E-state index is 0.103. The first-order valence-corrected chi connectivity index (χ1v) is 11.6. The van der Waals surface area contributed by atoms with Crippen molar-refractivity contribution in [3.8, 4) is 0 Å². The summed E-state index contributed by atoms with van der Waals surface area (Å²) in [5, 5.41) is 1.94. The number of anilines is 1. The fourth-order valence-electron chi connectivity index (χ4n) is 6.32. The highest BCUT2D eigenvalue weighted by Crippen LogP contribution is 2.66. The van der Waals surface area contributed by atoms with E-state index in [1.54, 1.807) is 0 Å². The molecule has 0 aromatic heterocycles. The van der Waals surface area contributed by atoms with Gasteiger partial charge < -0.3 is 0 Å². The number of fused-ring (bicyclic) bond motifs is 1. The van der Waals surface area contributed by atoms with Gasteiger partial charge in [-0.05, 0) is 33.7 Å². The van der Waals surface area contributed by atoms with Gasteiger partial charge >= 0.3 is 0 Å². The number of nitrogens with zero attached hydrogens (tertiary/aromatic N) is 1. The SMILES string of the molecule is O=C1[C@H]2C3c4ccccc4C(Br)(c4ccccc43)[C@H]2C(=O)N1c1cccc2ccccc12. The van der Waals surface area contributed by atoms with Crippen LogP contribution in [0.5, 0.6) is 0 Å². The third kappa shape index (κ3) is 2.02. The van der Waals surface area contributed by atoms with E-state index < -0.39 is 16.2 Å². The Labute approximate surface area is 193 Å². The quantitative estimate of drug-likeness (QED) is 0.257. The van der Waals surface area contributed by atoms with Crippen LogP contribution in [-0.4, -0.2) is 11.8 Å². The van der Waals surface area contributed by atoms with Crippen LogP contribution in [0, 0.1) is 11.8 Å². The normalized spacial score (nSPS) is 27.4. The van der Waals surface area contributed by atoms with Crippen LogP contribution in [-0.2, 0) is 13.9 Å². The molecule has 1 heterocycles. The first-order chi connectivity index (χ1) is 15.6. The summed E-state index contributed by atoms with van der Waals surface area (Å²) in [6.07, 6.45) is 0. The van der Waals surface area contributed by atoms with Crippen molar-refractivity contribution < 1.29 is 9.59 Å². The zero-order chi connectivity index (χ0) is 21.6. The molecule has 0 N–H and O–H groups in total. The number of imide groups is 1. The Kier molecular flexibility index (Phi) is 3.54. The number of carbonyl (C=O) groups is 2. The Morgan fingerprint density at radius 1 is 0.688 bits per heavy atom. The number of carbonyl (C=O) groups excluding carboxylic acids is 2. The van der Waals surface area contributed by atoms with Gasteiger partial charge in [0.2, 0.25) is 11.8 Å². The number of benzene rings is 4. The van der Waals surface area contributed by atoms with Gasteiger partial charge in [-0.15, -0.1) is 0 Å². The van der Waals surface area contributed by atoms with Gasteiger partial charge in [0, 0.05) is 11.3 Å². The highest BCUT2D eigenvalue weighted by molar-refractivity contribution is 9.09. The maximum absolute atomic E-state index is 14.1. The van der Waals surface area contributed by atoms with Crippen molar-refractivity contribution in [1.82, 2.24) is 0 Å². The van der Waals surface area contributed by atoms with Gasteiger partial charge in [-0.2, -0.15) is 0 Å². The Hall–Kier alpha value is -3.24. The first-order valence-electron chi connectivity index (χ1n) is 10.9. The summed E-state index contributed by atoms with van der Waals surface area (Å²) in [5.41, 5.74) is 5.17. The molecule has 1 fully saturated rings. The lowest BCUT2D eigenvalue weighted by Gasteiger charge is -2.51. The molecule has 1 saturated heterocycles. The first kappa shape index (κ1) is 18.3. The van der Waals surface area contributed by atoms with Crippen LogP contribution in [0.3, 0.4) is 0 Å². The number of rotatable bonds is 1. The summed E-state index contributed by atoms with van der Waals surface area (Å²) in [6.45, 7) is 0. The smallest absolute Gasteiger partial charge is 0.239 e. The van der Waals surface area contributed by atoms with E-state index in [1.165, 1.54) is 4.90 Å². The lowest BCUT2D eigenvalue weighted by Crippen LogP contribution is -2.50. The summed E-state index contributed by atoms with van der Waals surface area (Å²) in [4.78, 5) is 29.6. The van der Waals surface area contributed by atoms with Crippen LogP contribution in [0.2, 0.25) is 0 Å².